The highest BCUT2D eigenvalue weighted by molar-refractivity contribution is 7.15. The Morgan fingerprint density at radius 1 is 1.32 bits per heavy atom. The lowest BCUT2D eigenvalue weighted by Gasteiger charge is -2.19. The number of hydrogen-bond acceptors (Lipinski definition) is 4. The van der Waals surface area contributed by atoms with E-state index in [4.69, 9.17) is 5.73 Å². The number of aromatic nitrogens is 1. The van der Waals surface area contributed by atoms with Crippen LogP contribution in [0.1, 0.15) is 28.5 Å². The molecule has 0 bridgehead atoms. The Kier molecular flexibility index (Phi) is 5.11. The molecule has 3 amide bonds. The molecule has 0 saturated heterocycles. The van der Waals surface area contributed by atoms with Crippen molar-refractivity contribution >= 4 is 28.4 Å². The molecule has 0 fully saturated rings. The summed E-state index contributed by atoms with van der Waals surface area (Å²) in [5.74, 6) is -0.226. The van der Waals surface area contributed by atoms with Crippen molar-refractivity contribution in [2.45, 2.75) is 26.3 Å². The lowest BCUT2D eigenvalue weighted by atomic mass is 9.98. The van der Waals surface area contributed by atoms with Crippen molar-refractivity contribution in [2.75, 3.05) is 5.32 Å². The smallest absolute Gasteiger partial charge is 0.312 e. The highest BCUT2D eigenvalue weighted by atomic mass is 32.1. The molecule has 22 heavy (non-hydrogen) atoms. The molecule has 0 aliphatic carbocycles. The van der Waals surface area contributed by atoms with Crippen molar-refractivity contribution in [2.24, 2.45) is 5.73 Å². The van der Waals surface area contributed by atoms with E-state index in [2.05, 4.69) is 15.6 Å². The summed E-state index contributed by atoms with van der Waals surface area (Å²) in [5.41, 5.74) is 7.07. The first-order valence-corrected chi connectivity index (χ1v) is 7.61. The van der Waals surface area contributed by atoms with Crippen LogP contribution in [0, 0.1) is 13.8 Å². The number of rotatable bonds is 5. The van der Waals surface area contributed by atoms with Crippen molar-refractivity contribution in [3.05, 3.63) is 46.5 Å². The Bertz CT molecular complexity index is 684. The number of hydrogen-bond donors (Lipinski definition) is 3. The predicted molar refractivity (Wildman–Crippen MR) is 86.7 cm³/mol. The Morgan fingerprint density at radius 2 is 2.05 bits per heavy atom. The van der Waals surface area contributed by atoms with Gasteiger partial charge in [-0.1, -0.05) is 24.3 Å². The molecule has 0 saturated carbocycles. The average molecular weight is 318 g/mol. The second kappa shape index (κ2) is 7.04. The number of nitrogens with two attached hydrogens (primary N) is 1. The van der Waals surface area contributed by atoms with Gasteiger partial charge in [-0.15, -0.1) is 11.3 Å². The summed E-state index contributed by atoms with van der Waals surface area (Å²) in [6, 6.07) is 6.42. The number of primary amides is 1. The van der Waals surface area contributed by atoms with Gasteiger partial charge in [-0.2, -0.15) is 0 Å². The van der Waals surface area contributed by atoms with Gasteiger partial charge in [0, 0.05) is 11.1 Å². The Morgan fingerprint density at radius 3 is 2.64 bits per heavy atom. The number of aryl methyl sites for hydroxylation is 2. The normalized spacial score (nSPS) is 11.7. The largest absolute Gasteiger partial charge is 0.352 e. The summed E-state index contributed by atoms with van der Waals surface area (Å²) in [4.78, 5) is 28.5. The number of thiazole rings is 1. The van der Waals surface area contributed by atoms with Crippen molar-refractivity contribution in [3.8, 4) is 0 Å². The van der Waals surface area contributed by atoms with Gasteiger partial charge in [-0.3, -0.25) is 4.79 Å². The van der Waals surface area contributed by atoms with Gasteiger partial charge in [-0.25, -0.2) is 9.78 Å². The maximum atomic E-state index is 12.2. The van der Waals surface area contributed by atoms with E-state index in [1.807, 2.05) is 38.1 Å². The summed E-state index contributed by atoms with van der Waals surface area (Å²) >= 11 is 1.40. The second-order valence-electron chi connectivity index (χ2n) is 4.95. The van der Waals surface area contributed by atoms with Crippen molar-refractivity contribution < 1.29 is 9.59 Å². The number of nitrogens with one attached hydrogen (secondary N) is 2. The predicted octanol–water partition coefficient (Wildman–Crippen LogP) is 2.50. The molecular weight excluding hydrogens is 300 g/mol. The Labute approximate surface area is 132 Å². The first kappa shape index (κ1) is 16.0. The third kappa shape index (κ3) is 4.29. The number of amides is 3. The molecule has 1 aromatic carbocycles. The molecular formula is C15H18N4O2S. The first-order chi connectivity index (χ1) is 10.5. The van der Waals surface area contributed by atoms with Crippen LogP contribution in [-0.2, 0) is 4.79 Å². The molecule has 6 nitrogen and oxygen atoms in total. The van der Waals surface area contributed by atoms with E-state index in [1.54, 1.807) is 6.20 Å². The lowest BCUT2D eigenvalue weighted by Crippen LogP contribution is -2.35. The van der Waals surface area contributed by atoms with Gasteiger partial charge >= 0.3 is 6.03 Å². The number of benzene rings is 1. The lowest BCUT2D eigenvalue weighted by molar-refractivity contribution is -0.116. The zero-order valence-electron chi connectivity index (χ0n) is 12.4. The minimum absolute atomic E-state index is 0.0897. The summed E-state index contributed by atoms with van der Waals surface area (Å²) < 4.78 is 0. The van der Waals surface area contributed by atoms with Crippen LogP contribution in [-0.4, -0.2) is 16.9 Å². The van der Waals surface area contributed by atoms with Crippen LogP contribution in [0.15, 0.2) is 30.5 Å². The van der Waals surface area contributed by atoms with Crippen LogP contribution in [0.4, 0.5) is 9.93 Å². The van der Waals surface area contributed by atoms with E-state index >= 15 is 0 Å². The van der Waals surface area contributed by atoms with Gasteiger partial charge in [0.15, 0.2) is 5.13 Å². The van der Waals surface area contributed by atoms with Gasteiger partial charge in [0.1, 0.15) is 0 Å². The van der Waals surface area contributed by atoms with Gasteiger partial charge in [0.05, 0.1) is 12.5 Å². The van der Waals surface area contributed by atoms with Crippen molar-refractivity contribution in [3.63, 3.8) is 0 Å². The Hall–Kier alpha value is -2.41. The van der Waals surface area contributed by atoms with E-state index < -0.39 is 12.1 Å². The van der Waals surface area contributed by atoms with Crippen LogP contribution in [0.25, 0.3) is 0 Å². The summed E-state index contributed by atoms with van der Waals surface area (Å²) in [5, 5.41) is 5.90. The topological polar surface area (TPSA) is 97.1 Å². The fourth-order valence-corrected chi connectivity index (χ4v) is 2.84. The number of carbonyl (C=O) groups excluding carboxylic acids is 2. The van der Waals surface area contributed by atoms with E-state index in [-0.39, 0.29) is 12.3 Å². The molecule has 0 radical (unpaired) electrons. The van der Waals surface area contributed by atoms with E-state index in [0.717, 1.165) is 16.0 Å². The highest BCUT2D eigenvalue weighted by Crippen LogP contribution is 2.22. The fourth-order valence-electron chi connectivity index (χ4n) is 2.16. The molecule has 0 aliphatic rings. The van der Waals surface area contributed by atoms with E-state index in [0.29, 0.717) is 5.13 Å². The number of urea groups is 1. The molecule has 2 rings (SSSR count). The van der Waals surface area contributed by atoms with Crippen molar-refractivity contribution in [1.29, 1.82) is 0 Å². The quantitative estimate of drug-likeness (QED) is 0.790. The molecule has 1 heterocycles. The maximum absolute atomic E-state index is 12.2. The monoisotopic (exact) mass is 318 g/mol. The number of anilines is 1. The standard InChI is InChI=1S/C15H18N4O2S/c1-9-5-3-4-6-11(9)12(18-14(16)21)7-13(20)19-15-17-8-10(2)22-15/h3-6,8,12H,7H2,1-2H3,(H3,16,18,21)(H,17,19,20)/t12-/m0/s1. The van der Waals surface area contributed by atoms with E-state index in [9.17, 15) is 9.59 Å². The van der Waals surface area contributed by atoms with Gasteiger partial charge in [-0.05, 0) is 25.0 Å². The minimum atomic E-state index is -0.661. The van der Waals surface area contributed by atoms with Crippen LogP contribution in [0.5, 0.6) is 0 Å². The second-order valence-corrected chi connectivity index (χ2v) is 6.18. The molecule has 2 aromatic rings. The minimum Gasteiger partial charge on any atom is -0.352 e. The third-order valence-electron chi connectivity index (χ3n) is 3.14. The molecule has 0 aliphatic heterocycles. The van der Waals surface area contributed by atoms with Crippen molar-refractivity contribution in [1.82, 2.24) is 10.3 Å². The van der Waals surface area contributed by atoms with Gasteiger partial charge < -0.3 is 16.4 Å². The van der Waals surface area contributed by atoms with Gasteiger partial charge in [0.2, 0.25) is 5.91 Å². The zero-order chi connectivity index (χ0) is 16.1. The summed E-state index contributed by atoms with van der Waals surface area (Å²) in [6.07, 6.45) is 1.78. The molecule has 7 heteroatoms. The molecule has 0 spiro atoms. The summed E-state index contributed by atoms with van der Waals surface area (Å²) in [7, 11) is 0. The maximum Gasteiger partial charge on any atom is 0.312 e. The molecule has 1 aromatic heterocycles. The Balaban J connectivity index is 2.11. The first-order valence-electron chi connectivity index (χ1n) is 6.79. The third-order valence-corrected chi connectivity index (χ3v) is 3.97. The highest BCUT2D eigenvalue weighted by Gasteiger charge is 2.19. The molecule has 116 valence electrons. The van der Waals surface area contributed by atoms with Crippen LogP contribution < -0.4 is 16.4 Å². The molecule has 4 N–H and O–H groups in total. The van der Waals surface area contributed by atoms with Crippen LogP contribution >= 0.6 is 11.3 Å². The fraction of sp³-hybridized carbons (Fsp3) is 0.267. The molecule has 1 atom stereocenters. The number of nitrogens with zero attached hydrogens (tertiary/aromatic N) is 1. The SMILES string of the molecule is Cc1cnc(NC(=O)C[C@H](NC(N)=O)c2ccccc2C)s1. The summed E-state index contributed by atoms with van der Waals surface area (Å²) in [6.45, 7) is 3.84. The van der Waals surface area contributed by atoms with Crippen LogP contribution in [0.3, 0.4) is 0 Å². The number of carbonyl (C=O) groups is 2. The zero-order valence-corrected chi connectivity index (χ0v) is 13.2. The average Bonchev–Trinajstić information content (AvgIpc) is 2.83. The molecule has 0 unspecified atom stereocenters. The van der Waals surface area contributed by atoms with Gasteiger partial charge in [0.25, 0.3) is 0 Å². The van der Waals surface area contributed by atoms with E-state index in [1.165, 1.54) is 11.3 Å². The van der Waals surface area contributed by atoms with Crippen LogP contribution in [0.2, 0.25) is 0 Å².